The Labute approximate surface area is 235 Å². The zero-order valence-corrected chi connectivity index (χ0v) is 25.1. The van der Waals surface area contributed by atoms with Crippen molar-refractivity contribution in [2.24, 2.45) is 0 Å². The van der Waals surface area contributed by atoms with Crippen molar-refractivity contribution in [3.05, 3.63) is 0 Å². The molecule has 0 fully saturated rings. The maximum atomic E-state index is 9.04. The van der Waals surface area contributed by atoms with Crippen molar-refractivity contribution < 1.29 is 40.9 Å². The molecule has 0 aliphatic heterocycles. The van der Waals surface area contributed by atoms with Gasteiger partial charge in [0.1, 0.15) is 12.2 Å². The zero-order chi connectivity index (χ0) is 28.2. The summed E-state index contributed by atoms with van der Waals surface area (Å²) in [6.45, 7) is 4.90. The van der Waals surface area contributed by atoms with Crippen molar-refractivity contribution in [2.45, 2.75) is 154 Å². The normalized spacial score (nSPS) is 11.3. The van der Waals surface area contributed by atoms with E-state index in [1.54, 1.807) is 0 Å². The van der Waals surface area contributed by atoms with E-state index in [2.05, 4.69) is 13.8 Å². The zero-order valence-electron chi connectivity index (χ0n) is 25.1. The SMILES string of the molecule is CCCCCCCCCCCCO.CCCCCCCCCCCCOCC(O)CO.O.OCC(O)CO. The molecule has 1 atom stereocenters. The highest BCUT2D eigenvalue weighted by molar-refractivity contribution is 4.50. The second-order valence-corrected chi connectivity index (χ2v) is 10.0. The van der Waals surface area contributed by atoms with Crippen LogP contribution in [-0.4, -0.2) is 88.0 Å². The van der Waals surface area contributed by atoms with Crippen molar-refractivity contribution in [2.75, 3.05) is 39.6 Å². The molecule has 0 spiro atoms. The number of unbranched alkanes of at least 4 members (excludes halogenated alkanes) is 18. The lowest BCUT2D eigenvalue weighted by molar-refractivity contribution is 0.00526. The minimum atomic E-state index is -0.954. The number of aliphatic hydroxyl groups excluding tert-OH is 6. The summed E-state index contributed by atoms with van der Waals surface area (Å²) >= 11 is 0. The standard InChI is InChI=1S/C15H32O3.C12H26O.C3H8O3.H2O/c1-2-3-4-5-6-7-8-9-10-11-12-18-14-15(17)13-16;1-2-3-4-5-6-7-8-9-10-11-12-13;4-1-3(6)2-5;/h15-17H,2-14H2,1H3;13H,2-12H2,1H3;3-6H,1-2H2;1H2. The fraction of sp³-hybridized carbons (Fsp3) is 1.00. The molecule has 0 aromatic heterocycles. The number of hydrogen-bond donors (Lipinski definition) is 6. The molecule has 0 heterocycles. The third-order valence-electron chi connectivity index (χ3n) is 6.10. The van der Waals surface area contributed by atoms with Crippen LogP contribution >= 0.6 is 0 Å². The topological polar surface area (TPSA) is 162 Å². The third kappa shape index (κ3) is 48.7. The third-order valence-corrected chi connectivity index (χ3v) is 6.10. The quantitative estimate of drug-likeness (QED) is 0.0842. The van der Waals surface area contributed by atoms with Crippen LogP contribution in [0.4, 0.5) is 0 Å². The molecular formula is C30H68O8. The summed E-state index contributed by atoms with van der Waals surface area (Å²) in [4.78, 5) is 0. The van der Waals surface area contributed by atoms with Gasteiger partial charge in [-0.05, 0) is 12.8 Å². The molecule has 1 unspecified atom stereocenters. The molecule has 0 saturated heterocycles. The van der Waals surface area contributed by atoms with Gasteiger partial charge in [0, 0.05) is 13.2 Å². The van der Waals surface area contributed by atoms with Crippen LogP contribution in [0.5, 0.6) is 0 Å². The second-order valence-electron chi connectivity index (χ2n) is 10.0. The molecular weight excluding hydrogens is 488 g/mol. The monoisotopic (exact) mass is 556 g/mol. The fourth-order valence-corrected chi connectivity index (χ4v) is 3.62. The van der Waals surface area contributed by atoms with Crippen molar-refractivity contribution in [3.8, 4) is 0 Å². The molecule has 8 nitrogen and oxygen atoms in total. The lowest BCUT2D eigenvalue weighted by Gasteiger charge is -2.07. The van der Waals surface area contributed by atoms with Gasteiger partial charge in [0.15, 0.2) is 0 Å². The highest BCUT2D eigenvalue weighted by Crippen LogP contribution is 2.11. The molecule has 0 amide bonds. The number of ether oxygens (including phenoxy) is 1. The molecule has 0 bridgehead atoms. The van der Waals surface area contributed by atoms with Gasteiger partial charge in [-0.25, -0.2) is 0 Å². The minimum absolute atomic E-state index is 0. The Hall–Kier alpha value is -0.320. The molecule has 0 rings (SSSR count). The minimum Gasteiger partial charge on any atom is -0.412 e. The van der Waals surface area contributed by atoms with Gasteiger partial charge in [-0.2, -0.15) is 0 Å². The fourth-order valence-electron chi connectivity index (χ4n) is 3.62. The predicted octanol–water partition coefficient (Wildman–Crippen LogP) is 4.68. The van der Waals surface area contributed by atoms with E-state index in [1.165, 1.54) is 116 Å². The smallest absolute Gasteiger partial charge is 0.100 e. The van der Waals surface area contributed by atoms with Gasteiger partial charge in [-0.1, -0.05) is 129 Å². The Morgan fingerprint density at radius 3 is 1.05 bits per heavy atom. The average Bonchev–Trinajstić information content (AvgIpc) is 2.92. The van der Waals surface area contributed by atoms with Crippen LogP contribution in [0.3, 0.4) is 0 Å². The molecule has 8 N–H and O–H groups in total. The summed E-state index contributed by atoms with van der Waals surface area (Å²) < 4.78 is 5.25. The summed E-state index contributed by atoms with van der Waals surface area (Å²) in [7, 11) is 0. The summed E-state index contributed by atoms with van der Waals surface area (Å²) in [5, 5.41) is 50.2. The average molecular weight is 557 g/mol. The van der Waals surface area contributed by atoms with Crippen LogP contribution in [0.2, 0.25) is 0 Å². The van der Waals surface area contributed by atoms with Crippen LogP contribution in [-0.2, 0) is 4.74 Å². The maximum absolute atomic E-state index is 9.04. The first-order chi connectivity index (χ1) is 18.0. The summed E-state index contributed by atoms with van der Waals surface area (Å²) in [5.74, 6) is 0. The summed E-state index contributed by atoms with van der Waals surface area (Å²) in [6, 6.07) is 0. The Bertz CT molecular complexity index is 347. The summed E-state index contributed by atoms with van der Waals surface area (Å²) in [6.07, 6.45) is 24.8. The first-order valence-electron chi connectivity index (χ1n) is 15.4. The van der Waals surface area contributed by atoms with Crippen molar-refractivity contribution in [1.29, 1.82) is 0 Å². The van der Waals surface area contributed by atoms with E-state index in [4.69, 9.17) is 35.4 Å². The lowest BCUT2D eigenvalue weighted by atomic mass is 10.1. The first kappa shape index (κ1) is 44.7. The van der Waals surface area contributed by atoms with E-state index in [1.807, 2.05) is 0 Å². The number of aliphatic hydroxyl groups is 6. The highest BCUT2D eigenvalue weighted by Gasteiger charge is 2.00. The van der Waals surface area contributed by atoms with Gasteiger partial charge in [-0.15, -0.1) is 0 Å². The Morgan fingerprint density at radius 1 is 0.447 bits per heavy atom. The van der Waals surface area contributed by atoms with Crippen LogP contribution in [0.25, 0.3) is 0 Å². The van der Waals surface area contributed by atoms with Gasteiger partial charge >= 0.3 is 0 Å². The van der Waals surface area contributed by atoms with E-state index in [0.717, 1.165) is 12.8 Å². The Balaban J connectivity index is -0.000000253. The molecule has 0 aliphatic rings. The van der Waals surface area contributed by atoms with E-state index < -0.39 is 12.2 Å². The van der Waals surface area contributed by atoms with Crippen molar-refractivity contribution >= 4 is 0 Å². The molecule has 0 aromatic carbocycles. The second kappa shape index (κ2) is 43.7. The molecule has 236 valence electrons. The van der Waals surface area contributed by atoms with Crippen molar-refractivity contribution in [1.82, 2.24) is 0 Å². The summed E-state index contributed by atoms with van der Waals surface area (Å²) in [5.41, 5.74) is 0. The van der Waals surface area contributed by atoms with E-state index in [-0.39, 0.29) is 31.9 Å². The van der Waals surface area contributed by atoms with Gasteiger partial charge < -0.3 is 40.9 Å². The van der Waals surface area contributed by atoms with E-state index in [0.29, 0.717) is 13.2 Å². The highest BCUT2D eigenvalue weighted by atomic mass is 16.5. The number of hydrogen-bond acceptors (Lipinski definition) is 7. The van der Waals surface area contributed by atoms with E-state index in [9.17, 15) is 0 Å². The molecule has 0 saturated carbocycles. The Kier molecular flexibility index (Phi) is 51.4. The predicted molar refractivity (Wildman–Crippen MR) is 158 cm³/mol. The van der Waals surface area contributed by atoms with E-state index >= 15 is 0 Å². The largest absolute Gasteiger partial charge is 0.412 e. The molecule has 38 heavy (non-hydrogen) atoms. The Morgan fingerprint density at radius 2 is 0.763 bits per heavy atom. The number of rotatable bonds is 26. The van der Waals surface area contributed by atoms with Gasteiger partial charge in [0.2, 0.25) is 0 Å². The molecule has 8 heteroatoms. The molecule has 0 aliphatic carbocycles. The maximum Gasteiger partial charge on any atom is 0.100 e. The van der Waals surface area contributed by atoms with Crippen LogP contribution < -0.4 is 0 Å². The molecule has 0 radical (unpaired) electrons. The van der Waals surface area contributed by atoms with Gasteiger partial charge in [-0.3, -0.25) is 0 Å². The van der Waals surface area contributed by atoms with Gasteiger partial charge in [0.05, 0.1) is 26.4 Å². The lowest BCUT2D eigenvalue weighted by Crippen LogP contribution is -2.19. The van der Waals surface area contributed by atoms with Crippen LogP contribution in [0, 0.1) is 0 Å². The van der Waals surface area contributed by atoms with Crippen LogP contribution in [0.15, 0.2) is 0 Å². The van der Waals surface area contributed by atoms with Crippen LogP contribution in [0.1, 0.15) is 142 Å². The van der Waals surface area contributed by atoms with Gasteiger partial charge in [0.25, 0.3) is 0 Å². The first-order valence-corrected chi connectivity index (χ1v) is 15.4. The van der Waals surface area contributed by atoms with Crippen molar-refractivity contribution in [3.63, 3.8) is 0 Å². The molecule has 0 aromatic rings.